The summed E-state index contributed by atoms with van der Waals surface area (Å²) in [5, 5.41) is 23.3. The third-order valence-electron chi connectivity index (χ3n) is 13.7. The van der Waals surface area contributed by atoms with Gasteiger partial charge in [0.2, 0.25) is 0 Å². The molecule has 14 rings (SSSR count). The van der Waals surface area contributed by atoms with Crippen LogP contribution < -0.4 is 5.32 Å². The number of amides is 1. The van der Waals surface area contributed by atoms with E-state index in [-0.39, 0.29) is 57.6 Å². The van der Waals surface area contributed by atoms with Crippen LogP contribution in [-0.2, 0) is 38.5 Å². The highest BCUT2D eigenvalue weighted by Crippen LogP contribution is 2.41. The average Bonchev–Trinajstić information content (AvgIpc) is 4.15. The first-order chi connectivity index (χ1) is 38.5. The zero-order valence-electron chi connectivity index (χ0n) is 42.0. The van der Waals surface area contributed by atoms with Gasteiger partial charge < -0.3 is 22.9 Å². The van der Waals surface area contributed by atoms with Crippen molar-refractivity contribution < 1.29 is 18.4 Å². The van der Waals surface area contributed by atoms with Gasteiger partial charge in [-0.25, -0.2) is 38.1 Å². The molecule has 20 nitrogen and oxygen atoms in total. The number of nitrogens with one attached hydrogen (secondary N) is 1. The number of fused-ring (bicyclic) bond motifs is 4. The number of alkyl halides is 1. The van der Waals surface area contributed by atoms with E-state index in [0.29, 0.717) is 48.7 Å². The Morgan fingerprint density at radius 1 is 0.684 bits per heavy atom. The summed E-state index contributed by atoms with van der Waals surface area (Å²) in [5.74, 6) is -0.175. The van der Waals surface area contributed by atoms with Gasteiger partial charge in [-0.05, 0) is 91.5 Å². The Bertz CT molecular complexity index is 4110. The summed E-state index contributed by atoms with van der Waals surface area (Å²) < 4.78 is 41.1. The van der Waals surface area contributed by atoms with Gasteiger partial charge in [0.25, 0.3) is 5.91 Å². The van der Waals surface area contributed by atoms with E-state index in [0.717, 1.165) is 40.4 Å². The number of hydrogen-bond donors (Lipinski definition) is 1. The maximum absolute atomic E-state index is 14.5. The van der Waals surface area contributed by atoms with E-state index in [4.69, 9.17) is 44.8 Å². The smallest absolute Gasteiger partial charge is 0.273 e. The lowest BCUT2D eigenvalue weighted by Crippen LogP contribution is -2.23. The standard InChI is InChI=1S/C26H22ClFN10O.C24H20Cl2FN7O.C4H5N/c27-20-4-7-35-15-30-21(24(35)23(20)28)9-29-26(39)22-14-38(34-33-22)13-19-12-36-10-17(16-2-3-16)8-18(25(36)32-19)11-37-6-1-5-31-37;25-8-15-7-16(14-1-2-14)9-33-10-17(29-24(15)33)11-34-12-20(30-31-34)21(35)4-3-19-23-22(27)18(26)5-6-32(23)13-28-19;1-2-4-5-3-1/h1,4-8,10,12,14-16H,2-3,9,11,13H2,(H,29,39);5-7,9-10,12-14H,1-4,8,11H2;1-3H,4H2. The predicted molar refractivity (Wildman–Crippen MR) is 290 cm³/mol. The highest BCUT2D eigenvalue weighted by molar-refractivity contribution is 6.31. The number of aromatic nitrogens is 16. The summed E-state index contributed by atoms with van der Waals surface area (Å²) in [5.41, 5.74) is 9.68. The summed E-state index contributed by atoms with van der Waals surface area (Å²) in [7, 11) is 0. The second kappa shape index (κ2) is 22.1. The molecule has 3 aliphatic rings. The molecule has 0 spiro atoms. The van der Waals surface area contributed by atoms with Gasteiger partial charge in [0.1, 0.15) is 28.0 Å². The number of pyridine rings is 4. The molecule has 0 bridgehead atoms. The number of rotatable bonds is 16. The normalized spacial score (nSPS) is 13.9. The van der Waals surface area contributed by atoms with Crippen molar-refractivity contribution in [3.05, 3.63) is 195 Å². The zero-order chi connectivity index (χ0) is 54.1. The van der Waals surface area contributed by atoms with E-state index in [1.54, 1.807) is 51.0 Å². The monoisotopic (exact) mass is 1120 g/mol. The van der Waals surface area contributed by atoms with Crippen LogP contribution in [-0.4, -0.2) is 102 Å². The molecule has 2 saturated carbocycles. The largest absolute Gasteiger partial charge is 0.345 e. The molecule has 2 aliphatic carbocycles. The molecule has 0 radical (unpaired) electrons. The summed E-state index contributed by atoms with van der Waals surface area (Å²) in [6.45, 7) is 2.24. The van der Waals surface area contributed by atoms with Gasteiger partial charge in [-0.15, -0.1) is 21.8 Å². The molecule has 0 aromatic carbocycles. The summed E-state index contributed by atoms with van der Waals surface area (Å²) in [6.07, 6.45) is 32.3. The van der Waals surface area contributed by atoms with Crippen molar-refractivity contribution in [1.29, 1.82) is 0 Å². The van der Waals surface area contributed by atoms with Crippen LogP contribution in [0, 0.1) is 11.6 Å². The van der Waals surface area contributed by atoms with Gasteiger partial charge in [-0.1, -0.05) is 39.7 Å². The van der Waals surface area contributed by atoms with E-state index in [9.17, 15) is 18.4 Å². The van der Waals surface area contributed by atoms with Gasteiger partial charge in [0.05, 0.1) is 96.5 Å². The average molecular weight is 1120 g/mol. The molecular formula is C54H47Cl3F2N18O2. The Morgan fingerprint density at radius 2 is 1.28 bits per heavy atom. The Morgan fingerprint density at radius 3 is 1.85 bits per heavy atom. The molecule has 0 atom stereocenters. The minimum absolute atomic E-state index is 0.00818. The van der Waals surface area contributed by atoms with Crippen molar-refractivity contribution in [1.82, 2.24) is 82.6 Å². The van der Waals surface area contributed by atoms with Gasteiger partial charge >= 0.3 is 0 Å². The Kier molecular flexibility index (Phi) is 14.4. The van der Waals surface area contributed by atoms with E-state index in [2.05, 4.69) is 74.9 Å². The molecule has 0 saturated heterocycles. The van der Waals surface area contributed by atoms with Gasteiger partial charge in [0.15, 0.2) is 23.1 Å². The van der Waals surface area contributed by atoms with E-state index >= 15 is 0 Å². The Hall–Kier alpha value is -8.47. The predicted octanol–water partition coefficient (Wildman–Crippen LogP) is 8.94. The minimum atomic E-state index is -0.587. The molecule has 1 N–H and O–H groups in total. The van der Waals surface area contributed by atoms with Crippen LogP contribution in [0.2, 0.25) is 10.0 Å². The zero-order valence-corrected chi connectivity index (χ0v) is 44.3. The Labute approximate surface area is 463 Å². The maximum atomic E-state index is 14.5. The van der Waals surface area contributed by atoms with E-state index in [1.807, 2.05) is 45.9 Å². The molecule has 12 heterocycles. The Balaban J connectivity index is 0.000000145. The fraction of sp³-hybridized carbons (Fsp3) is 0.259. The number of aryl methyl sites for hydroxylation is 1. The lowest BCUT2D eigenvalue weighted by Gasteiger charge is -2.08. The third-order valence-corrected chi connectivity index (χ3v) is 14.5. The SMILES string of the molecule is C1=CCN=C1.O=C(CCc1ncn2ccc(Cl)c(F)c12)c1cn(Cc2cn3cc(C4CC4)cc(CCl)c3n2)nn1.O=C(NCc1ncn2ccc(Cl)c(F)c12)c1cn(Cc2cn3cc(C4CC4)cc(Cn4cccn4)c3n2)nn1. The number of aliphatic imine (C=N–C) groups is 1. The van der Waals surface area contributed by atoms with Crippen LogP contribution in [0.3, 0.4) is 0 Å². The number of allylic oxidation sites excluding steroid dienone is 1. The van der Waals surface area contributed by atoms with Gasteiger partial charge in [0, 0.05) is 73.3 Å². The molecule has 79 heavy (non-hydrogen) atoms. The molecule has 400 valence electrons. The highest BCUT2D eigenvalue weighted by Gasteiger charge is 2.27. The van der Waals surface area contributed by atoms with Crippen molar-refractivity contribution in [2.24, 2.45) is 4.99 Å². The summed E-state index contributed by atoms with van der Waals surface area (Å²) >= 11 is 18.0. The van der Waals surface area contributed by atoms with Crippen molar-refractivity contribution >= 4 is 75.0 Å². The molecule has 25 heteroatoms. The van der Waals surface area contributed by atoms with Crippen molar-refractivity contribution in [2.75, 3.05) is 6.54 Å². The summed E-state index contributed by atoms with van der Waals surface area (Å²) in [6, 6.07) is 9.19. The van der Waals surface area contributed by atoms with Crippen molar-refractivity contribution in [2.45, 2.75) is 82.4 Å². The molecule has 11 aromatic rings. The molecule has 1 aliphatic heterocycles. The second-order valence-corrected chi connectivity index (χ2v) is 20.5. The number of nitrogens with zero attached hydrogens (tertiary/aromatic N) is 17. The number of halogens is 5. The van der Waals surface area contributed by atoms with Crippen molar-refractivity contribution in [3.63, 3.8) is 0 Å². The van der Waals surface area contributed by atoms with Gasteiger partial charge in [-0.2, -0.15) is 5.10 Å². The quantitative estimate of drug-likeness (QED) is 0.0714. The molecule has 11 aromatic heterocycles. The maximum Gasteiger partial charge on any atom is 0.273 e. The first-order valence-electron chi connectivity index (χ1n) is 25.4. The minimum Gasteiger partial charge on any atom is -0.345 e. The third kappa shape index (κ3) is 11.3. The summed E-state index contributed by atoms with van der Waals surface area (Å²) in [4.78, 5) is 47.3. The fourth-order valence-electron chi connectivity index (χ4n) is 9.42. The topological polar surface area (TPSA) is 207 Å². The first-order valence-corrected chi connectivity index (χ1v) is 26.7. The van der Waals surface area contributed by atoms with Crippen LogP contribution in [0.5, 0.6) is 0 Å². The highest BCUT2D eigenvalue weighted by atomic mass is 35.5. The van der Waals surface area contributed by atoms with Crippen LogP contribution in [0.15, 0.2) is 122 Å². The lowest BCUT2D eigenvalue weighted by molar-refractivity contribution is 0.0943. The number of hydrogen-bond acceptors (Lipinski definition) is 12. The van der Waals surface area contributed by atoms with E-state index < -0.39 is 17.5 Å². The van der Waals surface area contributed by atoms with Crippen LogP contribution in [0.1, 0.15) is 110 Å². The molecule has 2 fully saturated rings. The van der Waals surface area contributed by atoms with Crippen molar-refractivity contribution in [3.8, 4) is 0 Å². The van der Waals surface area contributed by atoms with E-state index in [1.165, 1.54) is 66.0 Å². The number of ketones is 1. The molecule has 0 unspecified atom stereocenters. The van der Waals surface area contributed by atoms with Crippen LogP contribution in [0.4, 0.5) is 8.78 Å². The lowest BCUT2D eigenvalue weighted by atomic mass is 10.1. The number of Topliss-reactive ketones (excluding diaryl/α,β-unsaturated/α-hetero) is 1. The van der Waals surface area contributed by atoms with Crippen LogP contribution >= 0.6 is 34.8 Å². The van der Waals surface area contributed by atoms with Crippen LogP contribution in [0.25, 0.3) is 22.3 Å². The second-order valence-electron chi connectivity index (χ2n) is 19.4. The fourth-order valence-corrected chi connectivity index (χ4v) is 9.91. The number of carbonyl (C=O) groups is 2. The van der Waals surface area contributed by atoms with Gasteiger partial charge in [-0.3, -0.25) is 19.3 Å². The molecular weight excluding hydrogens is 1080 g/mol. The first kappa shape index (κ1) is 51.3. The number of imidazole rings is 4. The molecule has 1 amide bonds. The number of carbonyl (C=O) groups excluding carboxylic acids is 2.